The van der Waals surface area contributed by atoms with E-state index in [0.29, 0.717) is 5.92 Å². The highest BCUT2D eigenvalue weighted by atomic mass is 16.5. The highest BCUT2D eigenvalue weighted by Crippen LogP contribution is 2.20. The number of nitrogens with zero attached hydrogens (tertiary/aromatic N) is 2. The lowest BCUT2D eigenvalue weighted by atomic mass is 10.1. The Labute approximate surface area is 107 Å². The molecule has 0 atom stereocenters. The first-order valence-electron chi connectivity index (χ1n) is 5.92. The molecule has 0 amide bonds. The molecule has 0 unspecified atom stereocenters. The van der Waals surface area contributed by atoms with Crippen LogP contribution in [0.2, 0.25) is 0 Å². The van der Waals surface area contributed by atoms with Gasteiger partial charge in [0, 0.05) is 17.4 Å². The molecule has 1 N–H and O–H groups in total. The van der Waals surface area contributed by atoms with Crippen molar-refractivity contribution in [3.05, 3.63) is 42.4 Å². The average molecular weight is 243 g/mol. The SMILES string of the molecule is COc1ccc(Nc2cc(C(C)C)ncn2)cc1. The Hall–Kier alpha value is -2.10. The molecular formula is C14H17N3O. The van der Waals surface area contributed by atoms with Crippen molar-refractivity contribution in [1.29, 1.82) is 0 Å². The molecule has 1 aromatic carbocycles. The van der Waals surface area contributed by atoms with E-state index in [2.05, 4.69) is 29.1 Å². The molecule has 0 radical (unpaired) electrons. The van der Waals surface area contributed by atoms with Gasteiger partial charge in [-0.1, -0.05) is 13.8 Å². The van der Waals surface area contributed by atoms with Crippen molar-refractivity contribution in [2.45, 2.75) is 19.8 Å². The Bertz CT molecular complexity index is 509. The molecule has 4 heteroatoms. The molecule has 94 valence electrons. The second-order valence-corrected chi connectivity index (χ2v) is 4.34. The van der Waals surface area contributed by atoms with Gasteiger partial charge in [0.1, 0.15) is 17.9 Å². The van der Waals surface area contributed by atoms with Crippen LogP contribution in [0.25, 0.3) is 0 Å². The van der Waals surface area contributed by atoms with Gasteiger partial charge >= 0.3 is 0 Å². The average Bonchev–Trinajstić information content (AvgIpc) is 2.40. The van der Waals surface area contributed by atoms with E-state index in [1.54, 1.807) is 13.4 Å². The molecule has 2 rings (SSSR count). The van der Waals surface area contributed by atoms with Crippen LogP contribution in [0.3, 0.4) is 0 Å². The molecule has 2 aromatic rings. The number of nitrogens with one attached hydrogen (secondary N) is 1. The fourth-order valence-corrected chi connectivity index (χ4v) is 1.58. The Kier molecular flexibility index (Phi) is 3.77. The highest BCUT2D eigenvalue weighted by Gasteiger charge is 2.03. The highest BCUT2D eigenvalue weighted by molar-refractivity contribution is 5.57. The van der Waals surface area contributed by atoms with Crippen LogP contribution >= 0.6 is 0 Å². The Balaban J connectivity index is 2.15. The third-order valence-corrected chi connectivity index (χ3v) is 2.64. The van der Waals surface area contributed by atoms with Gasteiger partial charge in [0.25, 0.3) is 0 Å². The maximum absolute atomic E-state index is 5.12. The van der Waals surface area contributed by atoms with Crippen molar-refractivity contribution >= 4 is 11.5 Å². The largest absolute Gasteiger partial charge is 0.497 e. The maximum atomic E-state index is 5.12. The summed E-state index contributed by atoms with van der Waals surface area (Å²) < 4.78 is 5.12. The number of benzene rings is 1. The van der Waals surface area contributed by atoms with Crippen LogP contribution in [-0.4, -0.2) is 17.1 Å². The van der Waals surface area contributed by atoms with Crippen molar-refractivity contribution in [2.24, 2.45) is 0 Å². The lowest BCUT2D eigenvalue weighted by molar-refractivity contribution is 0.415. The van der Waals surface area contributed by atoms with Crippen molar-refractivity contribution < 1.29 is 4.74 Å². The van der Waals surface area contributed by atoms with E-state index in [4.69, 9.17) is 4.74 Å². The third-order valence-electron chi connectivity index (χ3n) is 2.64. The van der Waals surface area contributed by atoms with Gasteiger partial charge in [-0.3, -0.25) is 0 Å². The monoisotopic (exact) mass is 243 g/mol. The first-order valence-corrected chi connectivity index (χ1v) is 5.92. The van der Waals surface area contributed by atoms with Gasteiger partial charge in [-0.05, 0) is 30.2 Å². The Morgan fingerprint density at radius 3 is 2.44 bits per heavy atom. The van der Waals surface area contributed by atoms with Crippen LogP contribution in [-0.2, 0) is 0 Å². The van der Waals surface area contributed by atoms with E-state index in [1.807, 2.05) is 30.3 Å². The van der Waals surface area contributed by atoms with Crippen molar-refractivity contribution in [3.8, 4) is 5.75 Å². The number of rotatable bonds is 4. The van der Waals surface area contributed by atoms with Gasteiger partial charge in [-0.25, -0.2) is 9.97 Å². The van der Waals surface area contributed by atoms with Gasteiger partial charge in [-0.2, -0.15) is 0 Å². The molecule has 0 fully saturated rings. The zero-order valence-electron chi connectivity index (χ0n) is 10.8. The number of hydrogen-bond acceptors (Lipinski definition) is 4. The summed E-state index contributed by atoms with van der Waals surface area (Å²) in [4.78, 5) is 8.44. The molecule has 0 aliphatic heterocycles. The van der Waals surface area contributed by atoms with Gasteiger partial charge in [0.2, 0.25) is 0 Å². The van der Waals surface area contributed by atoms with E-state index in [9.17, 15) is 0 Å². The minimum Gasteiger partial charge on any atom is -0.497 e. The van der Waals surface area contributed by atoms with Crippen LogP contribution in [0, 0.1) is 0 Å². The molecule has 0 aliphatic rings. The summed E-state index contributed by atoms with van der Waals surface area (Å²) in [7, 11) is 1.65. The summed E-state index contributed by atoms with van der Waals surface area (Å²) in [5, 5.41) is 3.24. The lowest BCUT2D eigenvalue weighted by Crippen LogP contribution is -1.98. The van der Waals surface area contributed by atoms with Gasteiger partial charge in [0.15, 0.2) is 0 Å². The molecule has 1 aromatic heterocycles. The van der Waals surface area contributed by atoms with E-state index in [0.717, 1.165) is 22.9 Å². The molecule has 0 saturated carbocycles. The molecule has 4 nitrogen and oxygen atoms in total. The van der Waals surface area contributed by atoms with E-state index < -0.39 is 0 Å². The molecule has 0 spiro atoms. The second-order valence-electron chi connectivity index (χ2n) is 4.34. The second kappa shape index (κ2) is 5.49. The zero-order chi connectivity index (χ0) is 13.0. The number of methoxy groups -OCH3 is 1. The summed E-state index contributed by atoms with van der Waals surface area (Å²) in [5.41, 5.74) is 2.00. The van der Waals surface area contributed by atoms with Crippen LogP contribution < -0.4 is 10.1 Å². The summed E-state index contributed by atoms with van der Waals surface area (Å²) in [5.74, 6) is 2.04. The fraction of sp³-hybridized carbons (Fsp3) is 0.286. The van der Waals surface area contributed by atoms with E-state index >= 15 is 0 Å². The molecule has 1 heterocycles. The van der Waals surface area contributed by atoms with Gasteiger partial charge < -0.3 is 10.1 Å². The fourth-order valence-electron chi connectivity index (χ4n) is 1.58. The number of anilines is 2. The molecule has 0 saturated heterocycles. The normalized spacial score (nSPS) is 10.4. The number of hydrogen-bond donors (Lipinski definition) is 1. The molecule has 0 aliphatic carbocycles. The smallest absolute Gasteiger partial charge is 0.133 e. The minimum absolute atomic E-state index is 0.393. The maximum Gasteiger partial charge on any atom is 0.133 e. The first-order chi connectivity index (χ1) is 8.69. The topological polar surface area (TPSA) is 47.0 Å². The van der Waals surface area contributed by atoms with Crippen LogP contribution in [0.1, 0.15) is 25.5 Å². The number of aromatic nitrogens is 2. The predicted octanol–water partition coefficient (Wildman–Crippen LogP) is 3.35. The molecule has 0 bridgehead atoms. The predicted molar refractivity (Wildman–Crippen MR) is 72.4 cm³/mol. The summed E-state index contributed by atoms with van der Waals surface area (Å²) in [6.07, 6.45) is 1.58. The quantitative estimate of drug-likeness (QED) is 0.894. The Morgan fingerprint density at radius 1 is 1.11 bits per heavy atom. The van der Waals surface area contributed by atoms with E-state index in [1.165, 1.54) is 0 Å². The first kappa shape index (κ1) is 12.4. The lowest BCUT2D eigenvalue weighted by Gasteiger charge is -2.09. The van der Waals surface area contributed by atoms with Crippen LogP contribution in [0.5, 0.6) is 5.75 Å². The molecule has 18 heavy (non-hydrogen) atoms. The third kappa shape index (κ3) is 2.97. The summed E-state index contributed by atoms with van der Waals surface area (Å²) in [6.45, 7) is 4.22. The Morgan fingerprint density at radius 2 is 1.83 bits per heavy atom. The van der Waals surface area contributed by atoms with Crippen molar-refractivity contribution in [3.63, 3.8) is 0 Å². The molecular weight excluding hydrogens is 226 g/mol. The van der Waals surface area contributed by atoms with Crippen molar-refractivity contribution in [1.82, 2.24) is 9.97 Å². The number of ether oxygens (including phenoxy) is 1. The summed E-state index contributed by atoms with van der Waals surface area (Å²) >= 11 is 0. The van der Waals surface area contributed by atoms with Gasteiger partial charge in [-0.15, -0.1) is 0 Å². The van der Waals surface area contributed by atoms with Crippen LogP contribution in [0.4, 0.5) is 11.5 Å². The zero-order valence-corrected chi connectivity index (χ0v) is 10.8. The van der Waals surface area contributed by atoms with E-state index in [-0.39, 0.29) is 0 Å². The van der Waals surface area contributed by atoms with Gasteiger partial charge in [0.05, 0.1) is 7.11 Å². The minimum atomic E-state index is 0.393. The van der Waals surface area contributed by atoms with Crippen molar-refractivity contribution in [2.75, 3.05) is 12.4 Å². The standard InChI is InChI=1S/C14H17N3O/c1-10(2)13-8-14(16-9-15-13)17-11-4-6-12(18-3)7-5-11/h4-10H,1-3H3,(H,15,16,17). The summed E-state index contributed by atoms with van der Waals surface area (Å²) in [6, 6.07) is 9.70. The van der Waals surface area contributed by atoms with Crippen LogP contribution in [0.15, 0.2) is 36.7 Å².